The lowest BCUT2D eigenvalue weighted by molar-refractivity contribution is -0.117. The van der Waals surface area contributed by atoms with E-state index in [9.17, 15) is 18.0 Å². The molecule has 0 spiro atoms. The maximum atomic E-state index is 12.3. The van der Waals surface area contributed by atoms with Crippen LogP contribution < -0.4 is 16.0 Å². The normalized spacial score (nSPS) is 13.9. The maximum Gasteiger partial charge on any atom is 0.276 e. The Balaban J connectivity index is 1.83. The number of hydrazine groups is 1. The Morgan fingerprint density at radius 2 is 1.60 bits per heavy atom. The van der Waals surface area contributed by atoms with Crippen LogP contribution >= 0.6 is 0 Å². The maximum absolute atomic E-state index is 12.3. The second-order valence-electron chi connectivity index (χ2n) is 6.76. The third-order valence-corrected chi connectivity index (χ3v) is 5.55. The van der Waals surface area contributed by atoms with Crippen LogP contribution in [0.25, 0.3) is 16.9 Å². The molecule has 1 saturated heterocycles. The average Bonchev–Trinajstić information content (AvgIpc) is 3.30. The number of rotatable bonds is 4. The molecule has 2 aromatic carbocycles. The van der Waals surface area contributed by atoms with Crippen molar-refractivity contribution in [1.82, 2.24) is 10.9 Å². The van der Waals surface area contributed by atoms with Crippen molar-refractivity contribution in [1.29, 1.82) is 0 Å². The topological polar surface area (TPSA) is 132 Å². The summed E-state index contributed by atoms with van der Waals surface area (Å²) in [7, 11) is -3.80. The van der Waals surface area contributed by atoms with Gasteiger partial charge in [-0.1, -0.05) is 29.8 Å². The number of sulfonamides is 1. The molecule has 3 aromatic rings. The second-order valence-corrected chi connectivity index (χ2v) is 8.32. The van der Waals surface area contributed by atoms with Gasteiger partial charge in [-0.25, -0.2) is 13.6 Å². The fourth-order valence-corrected chi connectivity index (χ4v) is 3.73. The van der Waals surface area contributed by atoms with Crippen molar-refractivity contribution in [2.75, 3.05) is 0 Å². The van der Waals surface area contributed by atoms with Gasteiger partial charge < -0.3 is 4.42 Å². The van der Waals surface area contributed by atoms with E-state index in [0.29, 0.717) is 28.2 Å². The summed E-state index contributed by atoms with van der Waals surface area (Å²) in [5, 5.41) is 5.13. The van der Waals surface area contributed by atoms with E-state index in [1.54, 1.807) is 30.3 Å². The Morgan fingerprint density at radius 1 is 0.933 bits per heavy atom. The van der Waals surface area contributed by atoms with Crippen LogP contribution in [0.2, 0.25) is 0 Å². The first-order valence-corrected chi connectivity index (χ1v) is 10.4. The number of primary sulfonamides is 1. The highest BCUT2D eigenvalue weighted by molar-refractivity contribution is 7.89. The number of carbonyl (C=O) groups is 2. The van der Waals surface area contributed by atoms with Gasteiger partial charge >= 0.3 is 0 Å². The van der Waals surface area contributed by atoms with Gasteiger partial charge in [0.05, 0.1) is 4.90 Å². The highest BCUT2D eigenvalue weighted by atomic mass is 32.2. The summed E-state index contributed by atoms with van der Waals surface area (Å²) in [6.07, 6.45) is 0. The van der Waals surface area contributed by atoms with Crippen molar-refractivity contribution in [2.45, 2.75) is 11.8 Å². The quantitative estimate of drug-likeness (QED) is 0.435. The number of benzene rings is 2. The van der Waals surface area contributed by atoms with Crippen LogP contribution in [-0.2, 0) is 19.6 Å². The van der Waals surface area contributed by atoms with Crippen molar-refractivity contribution in [3.05, 3.63) is 83.1 Å². The van der Waals surface area contributed by atoms with Gasteiger partial charge in [0.2, 0.25) is 10.0 Å². The molecule has 2 amide bonds. The molecular formula is C21H17N3O5S. The van der Waals surface area contributed by atoms with Crippen molar-refractivity contribution >= 4 is 27.4 Å². The van der Waals surface area contributed by atoms with E-state index < -0.39 is 21.8 Å². The summed E-state index contributed by atoms with van der Waals surface area (Å²) >= 11 is 0. The van der Waals surface area contributed by atoms with Gasteiger partial charge in [0, 0.05) is 11.1 Å². The Bertz CT molecular complexity index is 1290. The number of carbonyl (C=O) groups excluding carboxylic acids is 2. The van der Waals surface area contributed by atoms with Gasteiger partial charge in [0.25, 0.3) is 11.8 Å². The van der Waals surface area contributed by atoms with Crippen LogP contribution in [0, 0.1) is 6.92 Å². The Morgan fingerprint density at radius 3 is 2.20 bits per heavy atom. The standard InChI is InChI=1S/C21H17N3O5S/c1-12-3-2-4-14(11-12)18(19-20(25)23-24-21(19)26)17-10-9-16(29-17)13-5-7-15(8-6-13)30(22,27)28/h2-11H,1H3,(H,23,25)(H,24,26)(H2,22,27,28). The molecule has 4 N–H and O–H groups in total. The van der Waals surface area contributed by atoms with Gasteiger partial charge in [-0.05, 0) is 48.9 Å². The largest absolute Gasteiger partial charge is 0.456 e. The summed E-state index contributed by atoms with van der Waals surface area (Å²) in [5.41, 5.74) is 7.14. The number of nitrogens with two attached hydrogens (primary N) is 1. The van der Waals surface area contributed by atoms with Gasteiger partial charge in [-0.2, -0.15) is 0 Å². The highest BCUT2D eigenvalue weighted by Crippen LogP contribution is 2.33. The first-order chi connectivity index (χ1) is 14.2. The van der Waals surface area contributed by atoms with Crippen LogP contribution in [0.1, 0.15) is 16.9 Å². The molecule has 0 bridgehead atoms. The van der Waals surface area contributed by atoms with Crippen LogP contribution in [-0.4, -0.2) is 20.2 Å². The fourth-order valence-electron chi connectivity index (χ4n) is 3.22. The molecule has 30 heavy (non-hydrogen) atoms. The van der Waals surface area contributed by atoms with E-state index in [2.05, 4.69) is 10.9 Å². The zero-order valence-electron chi connectivity index (χ0n) is 15.8. The van der Waals surface area contributed by atoms with Crippen LogP contribution in [0.15, 0.2) is 75.5 Å². The van der Waals surface area contributed by atoms with E-state index >= 15 is 0 Å². The molecule has 1 aliphatic heterocycles. The Hall–Kier alpha value is -3.69. The molecule has 4 rings (SSSR count). The molecule has 1 aliphatic rings. The highest BCUT2D eigenvalue weighted by Gasteiger charge is 2.32. The smallest absolute Gasteiger partial charge is 0.276 e. The summed E-state index contributed by atoms with van der Waals surface area (Å²) in [6, 6.07) is 16.6. The molecule has 2 heterocycles. The number of hydrogen-bond donors (Lipinski definition) is 3. The van der Waals surface area contributed by atoms with E-state index in [0.717, 1.165) is 5.56 Å². The Kier molecular flexibility index (Phi) is 4.76. The van der Waals surface area contributed by atoms with Crippen LogP contribution in [0.5, 0.6) is 0 Å². The monoisotopic (exact) mass is 423 g/mol. The third kappa shape index (κ3) is 3.63. The Labute approximate surface area is 172 Å². The van der Waals surface area contributed by atoms with Crippen molar-refractivity contribution in [3.8, 4) is 11.3 Å². The molecule has 0 saturated carbocycles. The molecule has 152 valence electrons. The molecule has 0 radical (unpaired) electrons. The van der Waals surface area contributed by atoms with Crippen molar-refractivity contribution < 1.29 is 22.4 Å². The molecule has 0 atom stereocenters. The molecule has 0 aliphatic carbocycles. The first kappa shape index (κ1) is 19.6. The van der Waals surface area contributed by atoms with Crippen LogP contribution in [0.3, 0.4) is 0 Å². The van der Waals surface area contributed by atoms with Gasteiger partial charge in [0.15, 0.2) is 0 Å². The molecular weight excluding hydrogens is 406 g/mol. The van der Waals surface area contributed by atoms with E-state index in [4.69, 9.17) is 9.56 Å². The lowest BCUT2D eigenvalue weighted by Gasteiger charge is -2.08. The van der Waals surface area contributed by atoms with Crippen molar-refractivity contribution in [2.24, 2.45) is 5.14 Å². The third-order valence-electron chi connectivity index (χ3n) is 4.62. The fraction of sp³-hybridized carbons (Fsp3) is 0.0476. The second kappa shape index (κ2) is 7.29. The molecule has 1 aromatic heterocycles. The molecule has 0 unspecified atom stereocenters. The lowest BCUT2D eigenvalue weighted by atomic mass is 9.96. The first-order valence-electron chi connectivity index (χ1n) is 8.89. The summed E-state index contributed by atoms with van der Waals surface area (Å²) in [5.74, 6) is -0.331. The zero-order valence-corrected chi connectivity index (χ0v) is 16.6. The zero-order chi connectivity index (χ0) is 21.5. The number of furan rings is 1. The minimum atomic E-state index is -3.80. The number of hydrogen-bond acceptors (Lipinski definition) is 5. The number of amides is 2. The predicted octanol–water partition coefficient (Wildman–Crippen LogP) is 1.87. The van der Waals surface area contributed by atoms with Crippen molar-refractivity contribution in [3.63, 3.8) is 0 Å². The molecule has 9 heteroatoms. The van der Waals surface area contributed by atoms with E-state index in [-0.39, 0.29) is 10.5 Å². The molecule has 8 nitrogen and oxygen atoms in total. The van der Waals surface area contributed by atoms with Gasteiger partial charge in [0.1, 0.15) is 17.1 Å². The lowest BCUT2D eigenvalue weighted by Crippen LogP contribution is -2.28. The van der Waals surface area contributed by atoms with Gasteiger partial charge in [-0.15, -0.1) is 0 Å². The summed E-state index contributed by atoms with van der Waals surface area (Å²) < 4.78 is 28.8. The SMILES string of the molecule is Cc1cccc(C(=C2C(=O)NNC2=O)c2ccc(-c3ccc(S(N)(=O)=O)cc3)o2)c1. The minimum Gasteiger partial charge on any atom is -0.456 e. The minimum absolute atomic E-state index is 0.0140. The molecule has 1 fully saturated rings. The predicted molar refractivity (Wildman–Crippen MR) is 109 cm³/mol. The average molecular weight is 423 g/mol. The van der Waals surface area contributed by atoms with Crippen LogP contribution in [0.4, 0.5) is 0 Å². The van der Waals surface area contributed by atoms with E-state index in [1.807, 2.05) is 25.1 Å². The summed E-state index contributed by atoms with van der Waals surface area (Å²) in [6.45, 7) is 1.90. The van der Waals surface area contributed by atoms with Gasteiger partial charge in [-0.3, -0.25) is 20.4 Å². The van der Waals surface area contributed by atoms with E-state index in [1.165, 1.54) is 12.1 Å². The number of nitrogens with one attached hydrogen (secondary N) is 2. The summed E-state index contributed by atoms with van der Waals surface area (Å²) in [4.78, 5) is 24.6. The number of aryl methyl sites for hydroxylation is 1.